The monoisotopic (exact) mass is 965 g/mol. The van der Waals surface area contributed by atoms with E-state index in [2.05, 4.69) is 39.5 Å². The number of rotatable bonds is 27. The lowest BCUT2D eigenvalue weighted by Crippen LogP contribution is -2.30. The summed E-state index contributed by atoms with van der Waals surface area (Å²) in [5, 5.41) is 0. The van der Waals surface area contributed by atoms with Gasteiger partial charge in [-0.2, -0.15) is 0 Å². The third kappa shape index (κ3) is 18.1. The Morgan fingerprint density at radius 3 is 0.814 bits per heavy atom. The average Bonchev–Trinajstić information content (AvgIpc) is 3.35. The van der Waals surface area contributed by atoms with Gasteiger partial charge in [0.2, 0.25) is 0 Å². The predicted molar refractivity (Wildman–Crippen MR) is 250 cm³/mol. The Morgan fingerprint density at radius 2 is 0.614 bits per heavy atom. The number of esters is 9. The third-order valence-electron chi connectivity index (χ3n) is 8.89. The van der Waals surface area contributed by atoms with Crippen molar-refractivity contribution in [2.75, 3.05) is 44.5 Å². The summed E-state index contributed by atoms with van der Waals surface area (Å²) in [5.74, 6) is -7.29. The summed E-state index contributed by atoms with van der Waals surface area (Å²) in [6, 6.07) is 17.9. The normalized spacial score (nSPS) is 11.5. The smallest absolute Gasteiger partial charge is 0.338 e. The van der Waals surface area contributed by atoms with E-state index in [4.69, 9.17) is 42.6 Å². The second-order valence-electron chi connectivity index (χ2n) is 14.7. The average molecular weight is 966 g/mol. The maximum Gasteiger partial charge on any atom is 0.338 e. The molecule has 19 heteroatoms. The van der Waals surface area contributed by atoms with Gasteiger partial charge in [0, 0.05) is 52.0 Å². The minimum atomic E-state index is -1.21. The van der Waals surface area contributed by atoms with Gasteiger partial charge in [-0.1, -0.05) is 39.5 Å². The fraction of sp³-hybridized carbons (Fsp3) is 0.235. The van der Waals surface area contributed by atoms with E-state index in [0.717, 1.165) is 18.2 Å². The fourth-order valence-electron chi connectivity index (χ4n) is 5.27. The standard InChI is InChI=1S/C51H51NO18/c1-10-43(53)62-25-40(28-65-46(56)31(4)5)68-49(59)34-13-19-37(20-14-34)52(38-21-15-35(16-22-38)50(60)69-41(26-63-44(54)11-2)29-66-47(57)32(6)7)39-23-17-36(18-24-39)51(61)70-42(27-64-45(55)12-3)30-67-48(58)33(8)9/h10-24,40-42H,1-4,6,8,25-30H2,5,7,9H3. The molecule has 0 N–H and O–H groups in total. The Balaban J connectivity index is 1.99. The second kappa shape index (κ2) is 27.7. The SMILES string of the molecule is C=CC(=O)OCC(COC(=O)C(=C)C)OC(=O)c1ccc(N(c2ccc(C(=O)OC(COC(=O)C=C)COC(=O)C(=C)C)cc2)c2ccc(C(=O)OC(COC(=O)C=C)COC(=O)C(=C)C)cc2)cc1. The molecule has 0 aliphatic carbocycles. The van der Waals surface area contributed by atoms with Crippen LogP contribution in [0.2, 0.25) is 0 Å². The van der Waals surface area contributed by atoms with E-state index in [1.54, 1.807) is 41.3 Å². The van der Waals surface area contributed by atoms with Crippen LogP contribution in [0.25, 0.3) is 0 Å². The van der Waals surface area contributed by atoms with Gasteiger partial charge in [-0.05, 0) is 93.6 Å². The Hall–Kier alpha value is -8.87. The van der Waals surface area contributed by atoms with Crippen molar-refractivity contribution < 1.29 is 85.8 Å². The van der Waals surface area contributed by atoms with Crippen molar-refractivity contribution in [2.45, 2.75) is 39.1 Å². The van der Waals surface area contributed by atoms with Crippen molar-refractivity contribution in [1.29, 1.82) is 0 Å². The van der Waals surface area contributed by atoms with Gasteiger partial charge in [-0.15, -0.1) is 0 Å². The number of anilines is 3. The molecule has 3 rings (SSSR count). The molecule has 3 aromatic carbocycles. The Labute approximate surface area is 403 Å². The van der Waals surface area contributed by atoms with Crippen LogP contribution in [-0.2, 0) is 71.4 Å². The zero-order valence-electron chi connectivity index (χ0n) is 38.7. The highest BCUT2D eigenvalue weighted by Crippen LogP contribution is 2.35. The lowest BCUT2D eigenvalue weighted by Gasteiger charge is -2.26. The molecule has 70 heavy (non-hydrogen) atoms. The highest BCUT2D eigenvalue weighted by molar-refractivity contribution is 5.94. The highest BCUT2D eigenvalue weighted by atomic mass is 16.6. The number of hydrogen-bond donors (Lipinski definition) is 0. The molecule has 0 aliphatic heterocycles. The molecular formula is C51H51NO18. The zero-order chi connectivity index (χ0) is 51.9. The van der Waals surface area contributed by atoms with E-state index in [1.807, 2.05) is 0 Å². The molecule has 0 aromatic heterocycles. The molecular weight excluding hydrogens is 915 g/mol. The number of hydrogen-bond acceptors (Lipinski definition) is 19. The topological polar surface area (TPSA) is 240 Å². The summed E-state index contributed by atoms with van der Waals surface area (Å²) in [7, 11) is 0. The van der Waals surface area contributed by atoms with Crippen LogP contribution in [0.15, 0.2) is 147 Å². The summed E-state index contributed by atoms with van der Waals surface area (Å²) in [5.41, 5.74) is 1.67. The van der Waals surface area contributed by atoms with E-state index in [9.17, 15) is 43.2 Å². The van der Waals surface area contributed by atoms with Crippen molar-refractivity contribution >= 4 is 70.8 Å². The first kappa shape index (κ1) is 55.5. The van der Waals surface area contributed by atoms with Crippen LogP contribution in [0.4, 0.5) is 17.1 Å². The van der Waals surface area contributed by atoms with Crippen molar-refractivity contribution in [1.82, 2.24) is 0 Å². The summed E-state index contributed by atoms with van der Waals surface area (Å²) in [6.07, 6.45) is -0.904. The molecule has 19 nitrogen and oxygen atoms in total. The molecule has 0 heterocycles. The van der Waals surface area contributed by atoms with Crippen LogP contribution in [-0.4, -0.2) is 112 Å². The van der Waals surface area contributed by atoms with Gasteiger partial charge in [0.05, 0.1) is 16.7 Å². The van der Waals surface area contributed by atoms with Crippen LogP contribution in [0, 0.1) is 0 Å². The molecule has 3 atom stereocenters. The minimum Gasteiger partial charge on any atom is -0.458 e. The fourth-order valence-corrected chi connectivity index (χ4v) is 5.27. The maximum absolute atomic E-state index is 13.4. The first-order chi connectivity index (χ1) is 33.3. The van der Waals surface area contributed by atoms with E-state index in [1.165, 1.54) is 57.2 Å². The summed E-state index contributed by atoms with van der Waals surface area (Å²) in [4.78, 5) is 113. The molecule has 0 radical (unpaired) electrons. The van der Waals surface area contributed by atoms with Gasteiger partial charge >= 0.3 is 53.7 Å². The summed E-state index contributed by atoms with van der Waals surface area (Å²) >= 11 is 0. The number of carbonyl (C=O) groups is 9. The molecule has 0 bridgehead atoms. The van der Waals surface area contributed by atoms with Crippen molar-refractivity contribution in [2.24, 2.45) is 0 Å². The van der Waals surface area contributed by atoms with Crippen molar-refractivity contribution in [3.05, 3.63) is 164 Å². The molecule has 3 unspecified atom stereocenters. The number of carbonyl (C=O) groups excluding carboxylic acids is 9. The van der Waals surface area contributed by atoms with Gasteiger partial charge < -0.3 is 47.5 Å². The molecule has 0 aliphatic rings. The van der Waals surface area contributed by atoms with Crippen LogP contribution in [0.1, 0.15) is 51.8 Å². The molecule has 0 saturated heterocycles. The van der Waals surface area contributed by atoms with Gasteiger partial charge in [0.1, 0.15) is 39.6 Å². The zero-order valence-corrected chi connectivity index (χ0v) is 38.7. The van der Waals surface area contributed by atoms with Crippen LogP contribution < -0.4 is 4.90 Å². The summed E-state index contributed by atoms with van der Waals surface area (Å²) in [6.45, 7) is 22.0. The van der Waals surface area contributed by atoms with Crippen molar-refractivity contribution in [3.63, 3.8) is 0 Å². The Morgan fingerprint density at radius 1 is 0.400 bits per heavy atom. The van der Waals surface area contributed by atoms with E-state index < -0.39 is 112 Å². The van der Waals surface area contributed by atoms with Crippen LogP contribution in [0.5, 0.6) is 0 Å². The molecule has 0 fully saturated rings. The first-order valence-corrected chi connectivity index (χ1v) is 20.8. The minimum absolute atomic E-state index is 0.0377. The van der Waals surface area contributed by atoms with E-state index in [-0.39, 0.29) is 33.4 Å². The van der Waals surface area contributed by atoms with Gasteiger partial charge in [-0.3, -0.25) is 0 Å². The summed E-state index contributed by atoms with van der Waals surface area (Å²) < 4.78 is 47.0. The van der Waals surface area contributed by atoms with Crippen molar-refractivity contribution in [3.8, 4) is 0 Å². The Kier molecular flexibility index (Phi) is 21.9. The van der Waals surface area contributed by atoms with Gasteiger partial charge in [0.15, 0.2) is 18.3 Å². The van der Waals surface area contributed by atoms with Gasteiger partial charge in [-0.25, -0.2) is 43.2 Å². The molecule has 0 saturated carbocycles. The largest absolute Gasteiger partial charge is 0.458 e. The lowest BCUT2D eigenvalue weighted by atomic mass is 10.1. The third-order valence-corrected chi connectivity index (χ3v) is 8.89. The van der Waals surface area contributed by atoms with E-state index in [0.29, 0.717) is 17.1 Å². The Bertz CT molecular complexity index is 2210. The molecule has 3 aromatic rings. The molecule has 368 valence electrons. The molecule has 0 spiro atoms. The second-order valence-corrected chi connectivity index (χ2v) is 14.7. The first-order valence-electron chi connectivity index (χ1n) is 20.8. The molecule has 0 amide bonds. The van der Waals surface area contributed by atoms with Crippen LogP contribution in [0.3, 0.4) is 0 Å². The number of nitrogens with zero attached hydrogens (tertiary/aromatic N) is 1. The number of benzene rings is 3. The predicted octanol–water partition coefficient (Wildman–Crippen LogP) is 6.28. The van der Waals surface area contributed by atoms with Gasteiger partial charge in [0.25, 0.3) is 0 Å². The maximum atomic E-state index is 13.4. The highest BCUT2D eigenvalue weighted by Gasteiger charge is 2.25. The number of ether oxygens (including phenoxy) is 9. The quantitative estimate of drug-likeness (QED) is 0.0464. The van der Waals surface area contributed by atoms with Crippen LogP contribution >= 0.6 is 0 Å². The van der Waals surface area contributed by atoms with E-state index >= 15 is 0 Å². The lowest BCUT2D eigenvalue weighted by molar-refractivity contribution is -0.148.